The van der Waals surface area contributed by atoms with Crippen LogP contribution in [0.2, 0.25) is 0 Å². The highest BCUT2D eigenvalue weighted by atomic mass is 32.2. The SMILES string of the molecule is CC(CS(=O)(=O)N1C(C)CCCC1CN)c1ccccc1. The number of benzene rings is 1. The van der Waals surface area contributed by atoms with Crippen molar-refractivity contribution in [1.82, 2.24) is 4.31 Å². The van der Waals surface area contributed by atoms with E-state index in [1.807, 2.05) is 44.2 Å². The fraction of sp³-hybridized carbons (Fsp3) is 0.625. The second kappa shape index (κ2) is 6.90. The molecule has 2 N–H and O–H groups in total. The third kappa shape index (κ3) is 3.84. The first-order valence-corrected chi connectivity index (χ1v) is 9.33. The summed E-state index contributed by atoms with van der Waals surface area (Å²) in [5.41, 5.74) is 6.85. The van der Waals surface area contributed by atoms with Crippen LogP contribution in [0.15, 0.2) is 30.3 Å². The van der Waals surface area contributed by atoms with Crippen molar-refractivity contribution in [2.24, 2.45) is 5.73 Å². The summed E-state index contributed by atoms with van der Waals surface area (Å²) >= 11 is 0. The quantitative estimate of drug-likeness (QED) is 0.908. The molecule has 4 nitrogen and oxygen atoms in total. The summed E-state index contributed by atoms with van der Waals surface area (Å²) in [6, 6.07) is 9.83. The fourth-order valence-electron chi connectivity index (χ4n) is 3.27. The molecule has 0 aliphatic carbocycles. The number of hydrogen-bond donors (Lipinski definition) is 1. The largest absolute Gasteiger partial charge is 0.329 e. The van der Waals surface area contributed by atoms with Gasteiger partial charge in [0.05, 0.1) is 5.75 Å². The number of hydrogen-bond acceptors (Lipinski definition) is 3. The molecule has 0 amide bonds. The molecule has 0 aromatic heterocycles. The molecular weight excluding hydrogens is 284 g/mol. The number of piperidine rings is 1. The van der Waals surface area contributed by atoms with Crippen LogP contribution in [0, 0.1) is 0 Å². The van der Waals surface area contributed by atoms with Crippen molar-refractivity contribution in [1.29, 1.82) is 0 Å². The minimum absolute atomic E-state index is 0.0104. The van der Waals surface area contributed by atoms with Crippen molar-refractivity contribution < 1.29 is 8.42 Å². The lowest BCUT2D eigenvalue weighted by Crippen LogP contribution is -2.52. The molecule has 1 aliphatic rings. The lowest BCUT2D eigenvalue weighted by molar-refractivity contribution is 0.195. The van der Waals surface area contributed by atoms with Gasteiger partial charge in [-0.1, -0.05) is 43.7 Å². The Labute approximate surface area is 128 Å². The van der Waals surface area contributed by atoms with Gasteiger partial charge in [0.1, 0.15) is 0 Å². The zero-order valence-electron chi connectivity index (χ0n) is 12.9. The average Bonchev–Trinajstić information content (AvgIpc) is 2.47. The minimum atomic E-state index is -3.29. The first-order chi connectivity index (χ1) is 9.95. The minimum Gasteiger partial charge on any atom is -0.329 e. The van der Waals surface area contributed by atoms with Crippen LogP contribution >= 0.6 is 0 Å². The second-order valence-corrected chi connectivity index (χ2v) is 8.01. The van der Waals surface area contributed by atoms with E-state index >= 15 is 0 Å². The van der Waals surface area contributed by atoms with Crippen LogP contribution in [0.1, 0.15) is 44.6 Å². The molecular formula is C16H26N2O2S. The van der Waals surface area contributed by atoms with E-state index in [9.17, 15) is 8.42 Å². The van der Waals surface area contributed by atoms with E-state index in [1.54, 1.807) is 4.31 Å². The zero-order valence-corrected chi connectivity index (χ0v) is 13.7. The van der Waals surface area contributed by atoms with E-state index in [0.29, 0.717) is 6.54 Å². The second-order valence-electron chi connectivity index (χ2n) is 6.09. The zero-order chi connectivity index (χ0) is 15.5. The van der Waals surface area contributed by atoms with Gasteiger partial charge in [-0.15, -0.1) is 0 Å². The van der Waals surface area contributed by atoms with Gasteiger partial charge in [-0.2, -0.15) is 4.31 Å². The molecule has 1 aliphatic heterocycles. The third-order valence-electron chi connectivity index (χ3n) is 4.38. The number of nitrogens with two attached hydrogens (primary N) is 1. The molecule has 1 saturated heterocycles. The summed E-state index contributed by atoms with van der Waals surface area (Å²) in [5, 5.41) is 0. The van der Waals surface area contributed by atoms with Gasteiger partial charge in [0, 0.05) is 18.6 Å². The van der Waals surface area contributed by atoms with E-state index in [0.717, 1.165) is 24.8 Å². The van der Waals surface area contributed by atoms with E-state index < -0.39 is 10.0 Å². The maximum absolute atomic E-state index is 12.8. The van der Waals surface area contributed by atoms with Crippen molar-refractivity contribution >= 4 is 10.0 Å². The van der Waals surface area contributed by atoms with Crippen LogP contribution in [0.5, 0.6) is 0 Å². The molecule has 3 unspecified atom stereocenters. The molecule has 2 rings (SSSR count). The van der Waals surface area contributed by atoms with Gasteiger partial charge in [0.2, 0.25) is 10.0 Å². The van der Waals surface area contributed by atoms with Crippen molar-refractivity contribution in [2.45, 2.75) is 51.1 Å². The van der Waals surface area contributed by atoms with Crippen molar-refractivity contribution in [3.8, 4) is 0 Å². The van der Waals surface area contributed by atoms with Crippen LogP contribution in [-0.2, 0) is 10.0 Å². The van der Waals surface area contributed by atoms with E-state index in [4.69, 9.17) is 5.73 Å². The molecule has 21 heavy (non-hydrogen) atoms. The maximum Gasteiger partial charge on any atom is 0.215 e. The van der Waals surface area contributed by atoms with E-state index in [-0.39, 0.29) is 23.8 Å². The number of sulfonamides is 1. The fourth-order valence-corrected chi connectivity index (χ4v) is 5.56. The summed E-state index contributed by atoms with van der Waals surface area (Å²) in [6.45, 7) is 4.37. The Morgan fingerprint density at radius 3 is 2.57 bits per heavy atom. The predicted molar refractivity (Wildman–Crippen MR) is 86.6 cm³/mol. The lowest BCUT2D eigenvalue weighted by atomic mass is 10.00. The molecule has 0 bridgehead atoms. The predicted octanol–water partition coefficient (Wildman–Crippen LogP) is 2.32. The standard InChI is InChI=1S/C16H26N2O2S/c1-13(15-8-4-3-5-9-15)12-21(19,20)18-14(2)7-6-10-16(18)11-17/h3-5,8-9,13-14,16H,6-7,10-12,17H2,1-2H3. The first kappa shape index (κ1) is 16.5. The summed E-state index contributed by atoms with van der Waals surface area (Å²) in [4.78, 5) is 0. The third-order valence-corrected chi connectivity index (χ3v) is 6.60. The monoisotopic (exact) mass is 310 g/mol. The van der Waals surface area contributed by atoms with Gasteiger partial charge in [-0.05, 0) is 31.2 Å². The Kier molecular flexibility index (Phi) is 5.41. The summed E-state index contributed by atoms with van der Waals surface area (Å²) in [5.74, 6) is 0.140. The normalized spacial score (nSPS) is 25.7. The Balaban J connectivity index is 2.16. The Morgan fingerprint density at radius 1 is 1.29 bits per heavy atom. The molecule has 1 aromatic carbocycles. The maximum atomic E-state index is 12.8. The van der Waals surface area contributed by atoms with Gasteiger partial charge in [0.25, 0.3) is 0 Å². The van der Waals surface area contributed by atoms with Gasteiger partial charge < -0.3 is 5.73 Å². The smallest absolute Gasteiger partial charge is 0.215 e. The summed E-state index contributed by atoms with van der Waals surface area (Å²) in [6.07, 6.45) is 2.86. The lowest BCUT2D eigenvalue weighted by Gasteiger charge is -2.39. The first-order valence-electron chi connectivity index (χ1n) is 7.72. The van der Waals surface area contributed by atoms with Gasteiger partial charge in [0.15, 0.2) is 0 Å². The van der Waals surface area contributed by atoms with Crippen LogP contribution in [0.3, 0.4) is 0 Å². The number of nitrogens with zero attached hydrogens (tertiary/aromatic N) is 1. The van der Waals surface area contributed by atoms with Gasteiger partial charge >= 0.3 is 0 Å². The molecule has 118 valence electrons. The molecule has 5 heteroatoms. The van der Waals surface area contributed by atoms with Crippen molar-refractivity contribution in [2.75, 3.05) is 12.3 Å². The van der Waals surface area contributed by atoms with Crippen LogP contribution in [0.25, 0.3) is 0 Å². The Morgan fingerprint density at radius 2 is 1.95 bits per heavy atom. The molecule has 1 fully saturated rings. The molecule has 1 heterocycles. The highest BCUT2D eigenvalue weighted by Crippen LogP contribution is 2.28. The molecule has 0 radical (unpaired) electrons. The van der Waals surface area contributed by atoms with Gasteiger partial charge in [-0.3, -0.25) is 0 Å². The van der Waals surface area contributed by atoms with E-state index in [1.165, 1.54) is 0 Å². The molecule has 3 atom stereocenters. The topological polar surface area (TPSA) is 63.4 Å². The van der Waals surface area contributed by atoms with Crippen molar-refractivity contribution in [3.05, 3.63) is 35.9 Å². The highest BCUT2D eigenvalue weighted by molar-refractivity contribution is 7.89. The van der Waals surface area contributed by atoms with Crippen molar-refractivity contribution in [3.63, 3.8) is 0 Å². The Bertz CT molecular complexity index is 545. The Hall–Kier alpha value is -0.910. The van der Waals surface area contributed by atoms with Crippen LogP contribution in [0.4, 0.5) is 0 Å². The van der Waals surface area contributed by atoms with Crippen LogP contribution < -0.4 is 5.73 Å². The average molecular weight is 310 g/mol. The molecule has 1 aromatic rings. The molecule has 0 saturated carbocycles. The highest BCUT2D eigenvalue weighted by Gasteiger charge is 2.36. The number of rotatable bonds is 5. The van der Waals surface area contributed by atoms with Crippen LogP contribution in [-0.4, -0.2) is 37.1 Å². The van der Waals surface area contributed by atoms with E-state index in [2.05, 4.69) is 0 Å². The molecule has 0 spiro atoms. The summed E-state index contributed by atoms with van der Waals surface area (Å²) in [7, 11) is -3.29. The van der Waals surface area contributed by atoms with Gasteiger partial charge in [-0.25, -0.2) is 8.42 Å². The summed E-state index contributed by atoms with van der Waals surface area (Å²) < 4.78 is 27.3.